The number of esters is 2. The minimum absolute atomic E-state index is 0.219. The molecule has 3 N–H and O–H groups in total. The molecule has 196 valence electrons. The molecule has 1 unspecified atom stereocenters. The van der Waals surface area contributed by atoms with Gasteiger partial charge in [-0.05, 0) is 41.0 Å². The van der Waals surface area contributed by atoms with Crippen molar-refractivity contribution in [2.24, 2.45) is 0 Å². The van der Waals surface area contributed by atoms with Crippen LogP contribution >= 0.6 is 7.52 Å². The Morgan fingerprint density at radius 2 is 1.94 bits per heavy atom. The Morgan fingerprint density at radius 1 is 1.23 bits per heavy atom. The molecule has 2 aromatic heterocycles. The van der Waals surface area contributed by atoms with Crippen molar-refractivity contribution in [1.82, 2.24) is 24.6 Å². The van der Waals surface area contributed by atoms with Crippen LogP contribution in [0.15, 0.2) is 12.7 Å². The average Bonchev–Trinajstić information content (AvgIpc) is 3.18. The third-order valence-electron chi connectivity index (χ3n) is 4.57. The van der Waals surface area contributed by atoms with Crippen molar-refractivity contribution < 1.29 is 32.9 Å². The fourth-order valence-corrected chi connectivity index (χ4v) is 4.90. The van der Waals surface area contributed by atoms with E-state index in [-0.39, 0.29) is 18.5 Å². The third-order valence-corrected chi connectivity index (χ3v) is 6.50. The number of rotatable bonds is 14. The predicted molar refractivity (Wildman–Crippen MR) is 128 cm³/mol. The summed E-state index contributed by atoms with van der Waals surface area (Å²) in [6, 6.07) is 0. The Morgan fingerprint density at radius 3 is 2.60 bits per heavy atom. The van der Waals surface area contributed by atoms with Crippen molar-refractivity contribution in [2.45, 2.75) is 72.3 Å². The van der Waals surface area contributed by atoms with Crippen LogP contribution in [-0.2, 0) is 39.4 Å². The molecule has 2 atom stereocenters. The molecule has 0 aliphatic heterocycles. The lowest BCUT2D eigenvalue weighted by atomic mass is 10.1. The topological polar surface area (TPSA) is 170 Å². The smallest absolute Gasteiger partial charge is 0.332 e. The first kappa shape index (κ1) is 28.6. The number of ether oxygens (including phenoxy) is 3. The lowest BCUT2D eigenvalue weighted by molar-refractivity contribution is -0.149. The van der Waals surface area contributed by atoms with Gasteiger partial charge in [0.1, 0.15) is 23.7 Å². The Hall–Kier alpha value is -2.60. The maximum Gasteiger partial charge on any atom is 0.332 e. The number of carbonyl (C=O) groups is 2. The van der Waals surface area contributed by atoms with Gasteiger partial charge in [0.15, 0.2) is 18.1 Å². The monoisotopic (exact) mass is 514 g/mol. The summed E-state index contributed by atoms with van der Waals surface area (Å²) in [5, 5.41) is 2.71. The Kier molecular flexibility index (Phi) is 10.1. The van der Waals surface area contributed by atoms with Crippen LogP contribution in [0.5, 0.6) is 0 Å². The fourth-order valence-electron chi connectivity index (χ4n) is 2.99. The van der Waals surface area contributed by atoms with E-state index >= 15 is 0 Å². The van der Waals surface area contributed by atoms with Crippen molar-refractivity contribution >= 4 is 36.4 Å². The second-order valence-corrected chi connectivity index (χ2v) is 10.9. The number of hydrogen-bond acceptors (Lipinski definition) is 11. The van der Waals surface area contributed by atoms with Crippen LogP contribution in [0.1, 0.15) is 48.0 Å². The molecule has 0 amide bonds. The number of carbonyl (C=O) groups excluding carboxylic acids is 2. The quantitative estimate of drug-likeness (QED) is 0.279. The second-order valence-electron chi connectivity index (χ2n) is 8.79. The van der Waals surface area contributed by atoms with Crippen LogP contribution < -0.4 is 10.8 Å². The summed E-state index contributed by atoms with van der Waals surface area (Å²) < 4.78 is 36.8. The second kappa shape index (κ2) is 12.4. The number of fused-ring (bicyclic) bond motifs is 1. The highest BCUT2D eigenvalue weighted by molar-refractivity contribution is 7.56. The van der Waals surface area contributed by atoms with Gasteiger partial charge in [-0.2, -0.15) is 0 Å². The van der Waals surface area contributed by atoms with E-state index in [4.69, 9.17) is 24.5 Å². The number of nitrogens with zero attached hydrogens (tertiary/aromatic N) is 4. The van der Waals surface area contributed by atoms with Gasteiger partial charge in [-0.1, -0.05) is 6.92 Å². The zero-order chi connectivity index (χ0) is 26.2. The minimum Gasteiger partial charge on any atom is -0.464 e. The first-order valence-corrected chi connectivity index (χ1v) is 13.1. The maximum absolute atomic E-state index is 13.6. The first-order valence-electron chi connectivity index (χ1n) is 11.3. The number of aromatic nitrogens is 4. The highest BCUT2D eigenvalue weighted by Crippen LogP contribution is 2.45. The van der Waals surface area contributed by atoms with Gasteiger partial charge in [0.25, 0.3) is 7.52 Å². The molecule has 2 heterocycles. The van der Waals surface area contributed by atoms with Crippen LogP contribution in [0.4, 0.5) is 5.82 Å². The SMILES string of the molecule is CCCOC(=O)C(C)(C)NP(=O)(CO[C@H](C)Cn1cnc2c(N)ncnc21)OCC(=O)OC(C)C. The molecule has 0 aromatic carbocycles. The van der Waals surface area contributed by atoms with E-state index in [1.165, 1.54) is 20.2 Å². The Labute approximate surface area is 204 Å². The Balaban J connectivity index is 2.11. The average molecular weight is 515 g/mol. The summed E-state index contributed by atoms with van der Waals surface area (Å²) in [7, 11) is -3.87. The Bertz CT molecular complexity index is 1060. The molecule has 0 saturated carbocycles. The molecule has 0 bridgehead atoms. The van der Waals surface area contributed by atoms with Gasteiger partial charge in [-0.25, -0.2) is 24.8 Å². The van der Waals surface area contributed by atoms with Crippen molar-refractivity contribution in [3.63, 3.8) is 0 Å². The highest BCUT2D eigenvalue weighted by Gasteiger charge is 2.39. The molecule has 2 aromatic rings. The van der Waals surface area contributed by atoms with Gasteiger partial charge in [0.2, 0.25) is 0 Å². The normalized spacial score (nSPS) is 14.6. The van der Waals surface area contributed by atoms with Crippen LogP contribution in [0, 0.1) is 0 Å². The third kappa shape index (κ3) is 8.53. The van der Waals surface area contributed by atoms with Crippen molar-refractivity contribution in [3.8, 4) is 0 Å². The van der Waals surface area contributed by atoms with Crippen LogP contribution in [0.2, 0.25) is 0 Å². The molecule has 14 heteroatoms. The first-order chi connectivity index (χ1) is 16.4. The molecule has 0 spiro atoms. The lowest BCUT2D eigenvalue weighted by Gasteiger charge is -2.30. The van der Waals surface area contributed by atoms with Crippen LogP contribution in [0.25, 0.3) is 11.2 Å². The minimum atomic E-state index is -3.87. The van der Waals surface area contributed by atoms with E-state index in [9.17, 15) is 14.2 Å². The lowest BCUT2D eigenvalue weighted by Crippen LogP contribution is -2.47. The molecule has 0 saturated heterocycles. The van der Waals surface area contributed by atoms with Crippen molar-refractivity contribution in [2.75, 3.05) is 25.3 Å². The van der Waals surface area contributed by atoms with Crippen LogP contribution in [0.3, 0.4) is 0 Å². The van der Waals surface area contributed by atoms with Crippen molar-refractivity contribution in [1.29, 1.82) is 0 Å². The molecule has 0 aliphatic rings. The van der Waals surface area contributed by atoms with Crippen LogP contribution in [-0.4, -0.2) is 68.8 Å². The summed E-state index contributed by atoms with van der Waals surface area (Å²) in [6.07, 6.45) is 2.27. The maximum atomic E-state index is 13.6. The van der Waals surface area contributed by atoms with Gasteiger partial charge >= 0.3 is 11.9 Å². The molecular formula is C21H35N6O7P. The van der Waals surface area contributed by atoms with E-state index in [2.05, 4.69) is 20.0 Å². The fraction of sp³-hybridized carbons (Fsp3) is 0.667. The molecule has 0 radical (unpaired) electrons. The molecule has 13 nitrogen and oxygen atoms in total. The zero-order valence-electron chi connectivity index (χ0n) is 21.0. The number of hydrogen-bond donors (Lipinski definition) is 2. The van der Waals surface area contributed by atoms with Gasteiger partial charge in [-0.15, -0.1) is 0 Å². The summed E-state index contributed by atoms with van der Waals surface area (Å²) in [6.45, 7) is 9.97. The zero-order valence-corrected chi connectivity index (χ0v) is 21.9. The largest absolute Gasteiger partial charge is 0.464 e. The summed E-state index contributed by atoms with van der Waals surface area (Å²) >= 11 is 0. The van der Waals surface area contributed by atoms with E-state index in [1.807, 2.05) is 6.92 Å². The van der Waals surface area contributed by atoms with E-state index in [0.29, 0.717) is 24.1 Å². The van der Waals surface area contributed by atoms with Gasteiger partial charge in [0.05, 0.1) is 31.7 Å². The van der Waals surface area contributed by atoms with E-state index < -0.39 is 44.1 Å². The van der Waals surface area contributed by atoms with E-state index in [0.717, 1.165) is 0 Å². The van der Waals surface area contributed by atoms with Gasteiger partial charge < -0.3 is 29.0 Å². The molecule has 0 fully saturated rings. The predicted octanol–water partition coefficient (Wildman–Crippen LogP) is 2.25. The molecular weight excluding hydrogens is 479 g/mol. The number of anilines is 1. The van der Waals surface area contributed by atoms with E-state index in [1.54, 1.807) is 31.7 Å². The standard InChI is InChI=1S/C21H35N6O7P/c1-7-8-31-20(29)21(5,6)26-35(30,33-10-16(28)34-14(2)3)13-32-15(4)9-27-12-25-17-18(22)23-11-24-19(17)27/h11-12,14-15H,7-10,13H2,1-6H3,(H,26,30)(H2,22,23,24)/t15-,35?/m1/s1. The summed E-state index contributed by atoms with van der Waals surface area (Å²) in [5.74, 6) is -1.04. The molecule has 0 aliphatic carbocycles. The summed E-state index contributed by atoms with van der Waals surface area (Å²) in [4.78, 5) is 36.7. The summed E-state index contributed by atoms with van der Waals surface area (Å²) in [5.41, 5.74) is 5.45. The number of nitrogens with two attached hydrogens (primary N) is 1. The molecule has 35 heavy (non-hydrogen) atoms. The number of imidazole rings is 1. The van der Waals surface area contributed by atoms with Crippen molar-refractivity contribution in [3.05, 3.63) is 12.7 Å². The van der Waals surface area contributed by atoms with Gasteiger partial charge in [0, 0.05) is 0 Å². The molecule has 2 rings (SSSR count). The number of nitrogens with one attached hydrogen (secondary N) is 1. The highest BCUT2D eigenvalue weighted by atomic mass is 31.2. The van der Waals surface area contributed by atoms with Gasteiger partial charge in [-0.3, -0.25) is 9.36 Å². The number of nitrogen functional groups attached to an aromatic ring is 1.